The SMILES string of the molecule is Cc1cc(NC(=O)c2ccc(F)cc2Cl)sc1C(=O)Nc1cccc(OCc2ccccn2)c1. The van der Waals surface area contributed by atoms with E-state index in [1.54, 1.807) is 43.5 Å². The van der Waals surface area contributed by atoms with Crippen LogP contribution in [-0.2, 0) is 6.61 Å². The maximum atomic E-state index is 13.2. The van der Waals surface area contributed by atoms with Gasteiger partial charge in [-0.15, -0.1) is 11.3 Å². The van der Waals surface area contributed by atoms with Crippen LogP contribution in [0.4, 0.5) is 15.1 Å². The number of benzene rings is 2. The Hall–Kier alpha value is -3.75. The van der Waals surface area contributed by atoms with Gasteiger partial charge < -0.3 is 15.4 Å². The molecule has 4 rings (SSSR count). The number of carbonyl (C=O) groups is 2. The second kappa shape index (κ2) is 10.5. The van der Waals surface area contributed by atoms with Crippen molar-refractivity contribution in [3.63, 3.8) is 0 Å². The van der Waals surface area contributed by atoms with Gasteiger partial charge in [0.2, 0.25) is 0 Å². The molecule has 0 atom stereocenters. The van der Waals surface area contributed by atoms with Gasteiger partial charge in [-0.2, -0.15) is 0 Å². The van der Waals surface area contributed by atoms with E-state index in [-0.39, 0.29) is 16.5 Å². The summed E-state index contributed by atoms with van der Waals surface area (Å²) in [5, 5.41) is 6.04. The van der Waals surface area contributed by atoms with Gasteiger partial charge in [0.15, 0.2) is 0 Å². The molecule has 0 aliphatic rings. The predicted molar refractivity (Wildman–Crippen MR) is 131 cm³/mol. The zero-order valence-corrected chi connectivity index (χ0v) is 19.5. The van der Waals surface area contributed by atoms with E-state index in [2.05, 4.69) is 15.6 Å². The Bertz CT molecular complexity index is 1340. The van der Waals surface area contributed by atoms with Gasteiger partial charge in [0, 0.05) is 18.0 Å². The first-order chi connectivity index (χ1) is 16.4. The van der Waals surface area contributed by atoms with Crippen molar-refractivity contribution in [3.05, 3.63) is 105 Å². The van der Waals surface area contributed by atoms with Crippen LogP contribution in [0.15, 0.2) is 72.9 Å². The molecule has 0 saturated heterocycles. The summed E-state index contributed by atoms with van der Waals surface area (Å²) < 4.78 is 19.0. The van der Waals surface area contributed by atoms with Crippen LogP contribution in [0.1, 0.15) is 31.3 Å². The lowest BCUT2D eigenvalue weighted by molar-refractivity contribution is 0.102. The highest BCUT2D eigenvalue weighted by atomic mass is 35.5. The molecular formula is C25H19ClFN3O3S. The van der Waals surface area contributed by atoms with Crippen LogP contribution in [-0.4, -0.2) is 16.8 Å². The first-order valence-electron chi connectivity index (χ1n) is 10.2. The summed E-state index contributed by atoms with van der Waals surface area (Å²) in [7, 11) is 0. The van der Waals surface area contributed by atoms with Gasteiger partial charge in [-0.25, -0.2) is 4.39 Å². The maximum Gasteiger partial charge on any atom is 0.266 e. The van der Waals surface area contributed by atoms with Crippen molar-refractivity contribution in [2.24, 2.45) is 0 Å². The van der Waals surface area contributed by atoms with E-state index < -0.39 is 11.7 Å². The fourth-order valence-electron chi connectivity index (χ4n) is 3.11. The third kappa shape index (κ3) is 5.78. The minimum absolute atomic E-state index is 0.00823. The molecule has 4 aromatic rings. The molecule has 0 fully saturated rings. The van der Waals surface area contributed by atoms with Crippen molar-refractivity contribution >= 4 is 45.4 Å². The average molecular weight is 496 g/mol. The monoisotopic (exact) mass is 495 g/mol. The molecule has 2 aromatic carbocycles. The topological polar surface area (TPSA) is 80.3 Å². The molecule has 2 amide bonds. The van der Waals surface area contributed by atoms with Gasteiger partial charge >= 0.3 is 0 Å². The molecule has 0 saturated carbocycles. The lowest BCUT2D eigenvalue weighted by Crippen LogP contribution is -2.12. The van der Waals surface area contributed by atoms with Crippen LogP contribution in [0, 0.1) is 12.7 Å². The summed E-state index contributed by atoms with van der Waals surface area (Å²) in [5.74, 6) is -0.741. The summed E-state index contributed by atoms with van der Waals surface area (Å²) in [5.41, 5.74) is 2.20. The number of nitrogens with one attached hydrogen (secondary N) is 2. The van der Waals surface area contributed by atoms with Gasteiger partial charge in [0.25, 0.3) is 11.8 Å². The Morgan fingerprint density at radius 2 is 1.88 bits per heavy atom. The van der Waals surface area contributed by atoms with Crippen LogP contribution >= 0.6 is 22.9 Å². The van der Waals surface area contributed by atoms with E-state index >= 15 is 0 Å². The smallest absolute Gasteiger partial charge is 0.266 e. The van der Waals surface area contributed by atoms with Gasteiger partial charge in [-0.1, -0.05) is 23.7 Å². The Morgan fingerprint density at radius 1 is 1.03 bits per heavy atom. The van der Waals surface area contributed by atoms with Crippen molar-refractivity contribution in [3.8, 4) is 5.75 Å². The highest BCUT2D eigenvalue weighted by molar-refractivity contribution is 7.18. The Kier molecular flexibility index (Phi) is 7.20. The van der Waals surface area contributed by atoms with Crippen molar-refractivity contribution in [1.29, 1.82) is 0 Å². The summed E-state index contributed by atoms with van der Waals surface area (Å²) >= 11 is 7.09. The molecule has 2 heterocycles. The van der Waals surface area contributed by atoms with Crippen LogP contribution in [0.25, 0.3) is 0 Å². The number of pyridine rings is 1. The molecule has 9 heteroatoms. The first-order valence-corrected chi connectivity index (χ1v) is 11.4. The standard InChI is InChI=1S/C25H19ClFN3O3S/c1-15-11-22(30-24(31)20-9-8-16(27)12-21(20)26)34-23(15)25(32)29-17-6-4-7-19(13-17)33-14-18-5-2-3-10-28-18/h2-13H,14H2,1H3,(H,29,32)(H,30,31). The molecule has 6 nitrogen and oxygen atoms in total. The highest BCUT2D eigenvalue weighted by Gasteiger charge is 2.17. The zero-order valence-electron chi connectivity index (χ0n) is 18.0. The second-order valence-corrected chi connectivity index (χ2v) is 8.75. The number of nitrogens with zero attached hydrogens (tertiary/aromatic N) is 1. The molecular weight excluding hydrogens is 477 g/mol. The third-order valence-corrected chi connectivity index (χ3v) is 6.21. The first kappa shape index (κ1) is 23.4. The van der Waals surface area contributed by atoms with E-state index in [4.69, 9.17) is 16.3 Å². The number of ether oxygens (including phenoxy) is 1. The minimum Gasteiger partial charge on any atom is -0.487 e. The molecule has 172 valence electrons. The van der Waals surface area contributed by atoms with Gasteiger partial charge in [0.1, 0.15) is 18.2 Å². The number of halogens is 2. The van der Waals surface area contributed by atoms with Gasteiger partial charge in [-0.05, 0) is 61.0 Å². The molecule has 2 N–H and O–H groups in total. The number of anilines is 2. The van der Waals surface area contributed by atoms with Crippen LogP contribution < -0.4 is 15.4 Å². The number of amides is 2. The number of rotatable bonds is 7. The maximum absolute atomic E-state index is 13.2. The second-order valence-electron chi connectivity index (χ2n) is 7.29. The lowest BCUT2D eigenvalue weighted by atomic mass is 10.2. The third-order valence-electron chi connectivity index (χ3n) is 4.74. The number of aryl methyl sites for hydroxylation is 1. The Morgan fingerprint density at radius 3 is 2.65 bits per heavy atom. The predicted octanol–water partition coefficient (Wildman–Crippen LogP) is 6.33. The van der Waals surface area contributed by atoms with Crippen LogP contribution in [0.2, 0.25) is 5.02 Å². The fourth-order valence-corrected chi connectivity index (χ4v) is 4.33. The normalized spacial score (nSPS) is 10.6. The van der Waals surface area contributed by atoms with Crippen molar-refractivity contribution in [2.45, 2.75) is 13.5 Å². The van der Waals surface area contributed by atoms with Crippen molar-refractivity contribution in [1.82, 2.24) is 4.98 Å². The van der Waals surface area contributed by atoms with Gasteiger partial charge in [-0.3, -0.25) is 14.6 Å². The average Bonchev–Trinajstić information content (AvgIpc) is 3.18. The summed E-state index contributed by atoms with van der Waals surface area (Å²) in [6, 6.07) is 17.9. The zero-order chi connectivity index (χ0) is 24.1. The molecule has 0 aliphatic heterocycles. The van der Waals surface area contributed by atoms with E-state index in [1.807, 2.05) is 18.2 Å². The molecule has 0 aliphatic carbocycles. The molecule has 0 radical (unpaired) electrons. The molecule has 34 heavy (non-hydrogen) atoms. The number of hydrogen-bond donors (Lipinski definition) is 2. The van der Waals surface area contributed by atoms with E-state index in [0.717, 1.165) is 29.2 Å². The Balaban J connectivity index is 1.41. The Labute approximate surface area is 204 Å². The summed E-state index contributed by atoms with van der Waals surface area (Å²) in [6.45, 7) is 2.09. The number of aromatic nitrogens is 1. The molecule has 0 bridgehead atoms. The molecule has 0 spiro atoms. The minimum atomic E-state index is -0.529. The number of hydrogen-bond acceptors (Lipinski definition) is 5. The lowest BCUT2D eigenvalue weighted by Gasteiger charge is -2.09. The number of thiophene rings is 1. The van der Waals surface area contributed by atoms with Crippen LogP contribution in [0.3, 0.4) is 0 Å². The quantitative estimate of drug-likeness (QED) is 0.314. The molecule has 2 aromatic heterocycles. The van der Waals surface area contributed by atoms with Gasteiger partial charge in [0.05, 0.1) is 26.2 Å². The van der Waals surface area contributed by atoms with Crippen molar-refractivity contribution in [2.75, 3.05) is 10.6 Å². The van der Waals surface area contributed by atoms with Crippen LogP contribution in [0.5, 0.6) is 5.75 Å². The highest BCUT2D eigenvalue weighted by Crippen LogP contribution is 2.29. The van der Waals surface area contributed by atoms with E-state index in [0.29, 0.717) is 33.5 Å². The molecule has 0 unspecified atom stereocenters. The van der Waals surface area contributed by atoms with E-state index in [9.17, 15) is 14.0 Å². The fraction of sp³-hybridized carbons (Fsp3) is 0.0800. The van der Waals surface area contributed by atoms with Crippen molar-refractivity contribution < 1.29 is 18.7 Å². The van der Waals surface area contributed by atoms with E-state index in [1.165, 1.54) is 6.07 Å². The summed E-state index contributed by atoms with van der Waals surface area (Å²) in [6.07, 6.45) is 1.70. The number of carbonyl (C=O) groups excluding carboxylic acids is 2. The largest absolute Gasteiger partial charge is 0.487 e. The summed E-state index contributed by atoms with van der Waals surface area (Å²) in [4.78, 5) is 30.0.